The Hall–Kier alpha value is -1.67. The van der Waals surface area contributed by atoms with Crippen LogP contribution in [-0.4, -0.2) is 43.7 Å². The van der Waals surface area contributed by atoms with Gasteiger partial charge in [0, 0.05) is 25.2 Å². The molecule has 0 radical (unpaired) electrons. The van der Waals surface area contributed by atoms with Crippen molar-refractivity contribution in [2.75, 3.05) is 32.8 Å². The summed E-state index contributed by atoms with van der Waals surface area (Å²) in [4.78, 5) is 13.4. The van der Waals surface area contributed by atoms with Crippen LogP contribution in [0.5, 0.6) is 0 Å². The van der Waals surface area contributed by atoms with Crippen molar-refractivity contribution >= 4 is 5.91 Å². The Labute approximate surface area is 125 Å². The molecule has 0 bridgehead atoms. The Balaban J connectivity index is 1.89. The number of amides is 1. The standard InChI is InChI=1S/C14H16F4N2O2/c15-12-2-1-11(14(16,17)18)7-10(12)8-19-9-13(21)20-3-5-22-6-4-20/h1-2,7,19H,3-6,8-9H2. The Morgan fingerprint density at radius 2 is 1.95 bits per heavy atom. The van der Waals surface area contributed by atoms with Crippen LogP contribution in [0.15, 0.2) is 18.2 Å². The van der Waals surface area contributed by atoms with E-state index >= 15 is 0 Å². The molecular formula is C14H16F4N2O2. The van der Waals surface area contributed by atoms with Crippen molar-refractivity contribution in [3.63, 3.8) is 0 Å². The number of carbonyl (C=O) groups is 1. The first kappa shape index (κ1) is 16.7. The fraction of sp³-hybridized carbons (Fsp3) is 0.500. The third kappa shape index (κ3) is 4.41. The van der Waals surface area contributed by atoms with Crippen LogP contribution < -0.4 is 5.32 Å². The third-order valence-corrected chi connectivity index (χ3v) is 3.33. The molecule has 1 aromatic rings. The summed E-state index contributed by atoms with van der Waals surface area (Å²) in [5, 5.41) is 2.68. The number of hydrogen-bond acceptors (Lipinski definition) is 3. The second-order valence-electron chi connectivity index (χ2n) is 4.90. The lowest BCUT2D eigenvalue weighted by molar-refractivity contribution is -0.137. The molecule has 0 spiro atoms. The van der Waals surface area contributed by atoms with E-state index in [9.17, 15) is 22.4 Å². The third-order valence-electron chi connectivity index (χ3n) is 3.33. The van der Waals surface area contributed by atoms with Gasteiger partial charge in [-0.25, -0.2) is 4.39 Å². The summed E-state index contributed by atoms with van der Waals surface area (Å²) in [6.07, 6.45) is -4.52. The van der Waals surface area contributed by atoms with Crippen LogP contribution in [-0.2, 0) is 22.3 Å². The zero-order valence-electron chi connectivity index (χ0n) is 11.8. The van der Waals surface area contributed by atoms with Gasteiger partial charge in [0.1, 0.15) is 5.82 Å². The van der Waals surface area contributed by atoms with Crippen molar-refractivity contribution in [3.05, 3.63) is 35.1 Å². The van der Waals surface area contributed by atoms with Crippen molar-refractivity contribution in [2.24, 2.45) is 0 Å². The average Bonchev–Trinajstić information content (AvgIpc) is 2.48. The number of alkyl halides is 3. The monoisotopic (exact) mass is 320 g/mol. The molecule has 8 heteroatoms. The minimum atomic E-state index is -4.52. The molecule has 1 aliphatic rings. The van der Waals surface area contributed by atoms with Gasteiger partial charge < -0.3 is 15.0 Å². The van der Waals surface area contributed by atoms with Gasteiger partial charge in [0.25, 0.3) is 0 Å². The Morgan fingerprint density at radius 1 is 1.27 bits per heavy atom. The molecule has 1 saturated heterocycles. The first-order valence-electron chi connectivity index (χ1n) is 6.80. The molecule has 0 aromatic heterocycles. The summed E-state index contributed by atoms with van der Waals surface area (Å²) in [5.74, 6) is -0.921. The normalized spacial score (nSPS) is 15.9. The van der Waals surface area contributed by atoms with Crippen LogP contribution >= 0.6 is 0 Å². The first-order valence-corrected chi connectivity index (χ1v) is 6.80. The number of morpholine rings is 1. The van der Waals surface area contributed by atoms with Crippen molar-refractivity contribution in [2.45, 2.75) is 12.7 Å². The quantitative estimate of drug-likeness (QED) is 0.860. The summed E-state index contributed by atoms with van der Waals surface area (Å²) in [6, 6.07) is 2.23. The fourth-order valence-corrected chi connectivity index (χ4v) is 2.12. The minimum absolute atomic E-state index is 0.0598. The Bertz CT molecular complexity index is 528. The lowest BCUT2D eigenvalue weighted by Crippen LogP contribution is -2.44. The van der Waals surface area contributed by atoms with Crippen molar-refractivity contribution in [1.29, 1.82) is 0 Å². The zero-order valence-corrected chi connectivity index (χ0v) is 11.8. The van der Waals surface area contributed by atoms with E-state index in [1.165, 1.54) is 0 Å². The van der Waals surface area contributed by atoms with Crippen LogP contribution in [0.2, 0.25) is 0 Å². The number of benzene rings is 1. The molecule has 1 amide bonds. The van der Waals surface area contributed by atoms with Crippen LogP contribution in [0.25, 0.3) is 0 Å². The second kappa shape index (κ2) is 7.06. The highest BCUT2D eigenvalue weighted by Crippen LogP contribution is 2.30. The van der Waals surface area contributed by atoms with E-state index in [0.717, 1.165) is 12.1 Å². The molecule has 1 fully saturated rings. The van der Waals surface area contributed by atoms with Crippen LogP contribution in [0.3, 0.4) is 0 Å². The number of carbonyl (C=O) groups excluding carboxylic acids is 1. The zero-order chi connectivity index (χ0) is 16.2. The molecule has 0 aliphatic carbocycles. The molecule has 4 nitrogen and oxygen atoms in total. The van der Waals surface area contributed by atoms with E-state index < -0.39 is 17.6 Å². The van der Waals surface area contributed by atoms with Gasteiger partial charge in [0.2, 0.25) is 5.91 Å². The molecule has 22 heavy (non-hydrogen) atoms. The van der Waals surface area contributed by atoms with E-state index in [1.54, 1.807) is 4.90 Å². The van der Waals surface area contributed by atoms with Crippen LogP contribution in [0.4, 0.5) is 17.6 Å². The van der Waals surface area contributed by atoms with E-state index in [2.05, 4.69) is 5.32 Å². The Morgan fingerprint density at radius 3 is 2.59 bits per heavy atom. The lowest BCUT2D eigenvalue weighted by atomic mass is 10.1. The molecule has 1 heterocycles. The predicted octanol–water partition coefficient (Wildman–Crippen LogP) is 1.79. The second-order valence-corrected chi connectivity index (χ2v) is 4.90. The molecule has 0 unspecified atom stereocenters. The fourth-order valence-electron chi connectivity index (χ4n) is 2.12. The summed E-state index contributed by atoms with van der Waals surface area (Å²) >= 11 is 0. The number of nitrogens with one attached hydrogen (secondary N) is 1. The highest BCUT2D eigenvalue weighted by molar-refractivity contribution is 5.78. The van der Waals surface area contributed by atoms with Gasteiger partial charge in [-0.15, -0.1) is 0 Å². The van der Waals surface area contributed by atoms with Crippen molar-refractivity contribution in [1.82, 2.24) is 10.2 Å². The SMILES string of the molecule is O=C(CNCc1cc(C(F)(F)F)ccc1F)N1CCOCC1. The van der Waals surface area contributed by atoms with E-state index in [0.29, 0.717) is 32.4 Å². The van der Waals surface area contributed by atoms with Gasteiger partial charge in [-0.1, -0.05) is 0 Å². The minimum Gasteiger partial charge on any atom is -0.378 e. The number of nitrogens with zero attached hydrogens (tertiary/aromatic N) is 1. The smallest absolute Gasteiger partial charge is 0.378 e. The van der Waals surface area contributed by atoms with Gasteiger partial charge >= 0.3 is 6.18 Å². The topological polar surface area (TPSA) is 41.6 Å². The van der Waals surface area contributed by atoms with Crippen LogP contribution in [0.1, 0.15) is 11.1 Å². The highest BCUT2D eigenvalue weighted by atomic mass is 19.4. The van der Waals surface area contributed by atoms with Gasteiger partial charge in [-0.2, -0.15) is 13.2 Å². The number of ether oxygens (including phenoxy) is 1. The van der Waals surface area contributed by atoms with Crippen molar-refractivity contribution in [3.8, 4) is 0 Å². The number of halogens is 4. The maximum atomic E-state index is 13.5. The summed E-state index contributed by atoms with van der Waals surface area (Å²) in [7, 11) is 0. The predicted molar refractivity (Wildman–Crippen MR) is 70.5 cm³/mol. The maximum Gasteiger partial charge on any atom is 0.416 e. The molecule has 122 valence electrons. The number of hydrogen-bond donors (Lipinski definition) is 1. The summed E-state index contributed by atoms with van der Waals surface area (Å²) in [6.45, 7) is 1.69. The number of rotatable bonds is 4. The van der Waals surface area contributed by atoms with E-state index in [4.69, 9.17) is 4.74 Å². The maximum absolute atomic E-state index is 13.5. The molecule has 0 atom stereocenters. The van der Waals surface area contributed by atoms with Gasteiger partial charge in [0.15, 0.2) is 0 Å². The molecule has 1 aliphatic heterocycles. The van der Waals surface area contributed by atoms with Crippen LogP contribution in [0, 0.1) is 5.82 Å². The largest absolute Gasteiger partial charge is 0.416 e. The molecular weight excluding hydrogens is 304 g/mol. The molecule has 1 N–H and O–H groups in total. The van der Waals surface area contributed by atoms with Gasteiger partial charge in [-0.05, 0) is 18.2 Å². The Kier molecular flexibility index (Phi) is 5.36. The molecule has 2 rings (SSSR count). The summed E-state index contributed by atoms with van der Waals surface area (Å²) < 4.78 is 56.4. The molecule has 0 saturated carbocycles. The summed E-state index contributed by atoms with van der Waals surface area (Å²) in [5.41, 5.74) is -1.03. The highest BCUT2D eigenvalue weighted by Gasteiger charge is 2.31. The van der Waals surface area contributed by atoms with E-state index in [1.807, 2.05) is 0 Å². The first-order chi connectivity index (χ1) is 10.4. The van der Waals surface area contributed by atoms with E-state index in [-0.39, 0.29) is 24.6 Å². The van der Waals surface area contributed by atoms with Crippen molar-refractivity contribution < 1.29 is 27.1 Å². The average molecular weight is 320 g/mol. The lowest BCUT2D eigenvalue weighted by Gasteiger charge is -2.27. The van der Waals surface area contributed by atoms with Gasteiger partial charge in [-0.3, -0.25) is 4.79 Å². The molecule has 1 aromatic carbocycles. The van der Waals surface area contributed by atoms with Gasteiger partial charge in [0.05, 0.1) is 25.3 Å².